The van der Waals surface area contributed by atoms with E-state index < -0.39 is 12.2 Å². The minimum absolute atomic E-state index is 0.0330. The summed E-state index contributed by atoms with van der Waals surface area (Å²) < 4.78 is 17.3. The van der Waals surface area contributed by atoms with E-state index in [-0.39, 0.29) is 87.9 Å². The maximum absolute atomic E-state index is 13.6. The molecule has 0 aliphatic carbocycles. The molecular formula is C39H38Cl2N6O9S2. The Kier molecular flexibility index (Phi) is 13.3. The number of hydrogen-bond acceptors (Lipinski definition) is 11. The van der Waals surface area contributed by atoms with E-state index in [1.165, 1.54) is 9.80 Å². The van der Waals surface area contributed by atoms with Crippen LogP contribution in [-0.4, -0.2) is 107 Å². The molecule has 304 valence electrons. The molecular weight excluding hydrogens is 832 g/mol. The van der Waals surface area contributed by atoms with Gasteiger partial charge in [-0.2, -0.15) is 0 Å². The number of halogens is 2. The monoisotopic (exact) mass is 868 g/mol. The van der Waals surface area contributed by atoms with Crippen molar-refractivity contribution < 1.29 is 43.0 Å². The van der Waals surface area contributed by atoms with Crippen molar-refractivity contribution in [1.82, 2.24) is 10.6 Å². The van der Waals surface area contributed by atoms with E-state index in [9.17, 15) is 28.8 Å². The van der Waals surface area contributed by atoms with Crippen LogP contribution in [0.4, 0.5) is 27.5 Å². The second-order valence-corrected chi connectivity index (χ2v) is 17.0. The molecule has 4 aromatic rings. The van der Waals surface area contributed by atoms with Crippen LogP contribution in [0.3, 0.4) is 0 Å². The Bertz CT molecular complexity index is 2170. The van der Waals surface area contributed by atoms with Gasteiger partial charge in [-0.15, -0.1) is 22.7 Å². The highest BCUT2D eigenvalue weighted by Crippen LogP contribution is 2.30. The first-order valence-electron chi connectivity index (χ1n) is 18.3. The Morgan fingerprint density at radius 2 is 1.43 bits per heavy atom. The molecule has 3 saturated heterocycles. The zero-order valence-electron chi connectivity index (χ0n) is 30.9. The van der Waals surface area contributed by atoms with E-state index in [1.807, 2.05) is 24.3 Å². The summed E-state index contributed by atoms with van der Waals surface area (Å²) >= 11 is 14.4. The third-order valence-electron chi connectivity index (χ3n) is 9.61. The number of carbonyl (C=O) groups is 6. The number of anilines is 4. The van der Waals surface area contributed by atoms with Crippen LogP contribution in [0.5, 0.6) is 0 Å². The van der Waals surface area contributed by atoms with Crippen molar-refractivity contribution in [3.05, 3.63) is 91.2 Å². The number of ether oxygens (including phenoxy) is 3. The fourth-order valence-corrected chi connectivity index (χ4v) is 8.64. The molecule has 7 rings (SSSR count). The smallest absolute Gasteiger partial charge is 0.414 e. The molecule has 0 bridgehead atoms. The van der Waals surface area contributed by atoms with Crippen molar-refractivity contribution in [2.75, 3.05) is 85.3 Å². The minimum atomic E-state index is -0.572. The SMILES string of the molecule is O=C(COCCN(C(=O)c1ccc(Cl)s1)c1ccc(N2C[C@H](CNC(=O)c3ccc(Cl)s3)OC2=O)cc1)NC[C@@H]1CC(=O)N(c2ccc(N3CCOCC3=O)cc2)C1. The summed E-state index contributed by atoms with van der Waals surface area (Å²) in [5.74, 6) is -1.25. The van der Waals surface area contributed by atoms with Crippen LogP contribution in [0.1, 0.15) is 25.8 Å². The maximum atomic E-state index is 13.6. The average molecular weight is 870 g/mol. The molecule has 2 aromatic heterocycles. The molecule has 6 amide bonds. The number of hydrogen-bond donors (Lipinski definition) is 2. The van der Waals surface area contributed by atoms with Crippen LogP contribution in [0.2, 0.25) is 8.67 Å². The summed E-state index contributed by atoms with van der Waals surface area (Å²) in [6, 6.07) is 20.6. The average Bonchev–Trinajstić information content (AvgIpc) is 4.03. The van der Waals surface area contributed by atoms with Gasteiger partial charge < -0.3 is 39.5 Å². The number of nitrogens with zero attached hydrogens (tertiary/aromatic N) is 4. The van der Waals surface area contributed by atoms with E-state index in [0.717, 1.165) is 34.0 Å². The lowest BCUT2D eigenvalue weighted by molar-refractivity contribution is -0.126. The van der Waals surface area contributed by atoms with E-state index in [2.05, 4.69) is 10.6 Å². The number of benzene rings is 2. The molecule has 2 aromatic carbocycles. The highest BCUT2D eigenvalue weighted by Gasteiger charge is 2.34. The summed E-state index contributed by atoms with van der Waals surface area (Å²) in [6.07, 6.45) is -0.862. The maximum Gasteiger partial charge on any atom is 0.414 e. The molecule has 3 fully saturated rings. The number of thiophene rings is 2. The zero-order chi connectivity index (χ0) is 40.8. The first-order valence-corrected chi connectivity index (χ1v) is 20.7. The molecule has 0 unspecified atom stereocenters. The third kappa shape index (κ3) is 9.97. The van der Waals surface area contributed by atoms with Crippen molar-refractivity contribution in [3.8, 4) is 0 Å². The fraction of sp³-hybridized carbons (Fsp3) is 0.333. The molecule has 2 N–H and O–H groups in total. The molecule has 0 saturated carbocycles. The van der Waals surface area contributed by atoms with Gasteiger partial charge in [-0.3, -0.25) is 28.9 Å². The van der Waals surface area contributed by atoms with Gasteiger partial charge in [-0.05, 0) is 72.8 Å². The normalized spacial score (nSPS) is 18.1. The van der Waals surface area contributed by atoms with Crippen LogP contribution in [-0.2, 0) is 28.6 Å². The Hall–Kier alpha value is -5.04. The van der Waals surface area contributed by atoms with Crippen molar-refractivity contribution in [1.29, 1.82) is 0 Å². The van der Waals surface area contributed by atoms with Crippen molar-refractivity contribution >= 4 is 104 Å². The van der Waals surface area contributed by atoms with Gasteiger partial charge >= 0.3 is 6.09 Å². The molecule has 0 spiro atoms. The molecule has 5 heterocycles. The fourth-order valence-electron chi connectivity index (χ4n) is 6.69. The van der Waals surface area contributed by atoms with Crippen LogP contribution in [0.25, 0.3) is 0 Å². The molecule has 2 atom stereocenters. The molecule has 15 nitrogen and oxygen atoms in total. The topological polar surface area (TPSA) is 167 Å². The van der Waals surface area contributed by atoms with Crippen molar-refractivity contribution in [3.63, 3.8) is 0 Å². The van der Waals surface area contributed by atoms with E-state index in [1.54, 1.807) is 58.3 Å². The first-order chi connectivity index (χ1) is 28.0. The van der Waals surface area contributed by atoms with Crippen LogP contribution < -0.4 is 30.2 Å². The van der Waals surface area contributed by atoms with Gasteiger partial charge in [0.2, 0.25) is 11.8 Å². The van der Waals surface area contributed by atoms with Crippen LogP contribution >= 0.6 is 45.9 Å². The molecule has 19 heteroatoms. The molecule has 58 heavy (non-hydrogen) atoms. The number of nitrogens with one attached hydrogen (secondary N) is 2. The van der Waals surface area contributed by atoms with E-state index >= 15 is 0 Å². The summed E-state index contributed by atoms with van der Waals surface area (Å²) in [5.41, 5.74) is 2.53. The molecule has 3 aliphatic heterocycles. The largest absolute Gasteiger partial charge is 0.442 e. The van der Waals surface area contributed by atoms with Crippen LogP contribution in [0, 0.1) is 5.92 Å². The number of carbonyl (C=O) groups excluding carboxylic acids is 6. The van der Waals surface area contributed by atoms with Crippen LogP contribution in [0.15, 0.2) is 72.8 Å². The van der Waals surface area contributed by atoms with E-state index in [0.29, 0.717) is 49.5 Å². The lowest BCUT2D eigenvalue weighted by Crippen LogP contribution is -2.41. The first kappa shape index (κ1) is 41.1. The Morgan fingerprint density at radius 1 is 0.776 bits per heavy atom. The highest BCUT2D eigenvalue weighted by molar-refractivity contribution is 7.18. The minimum Gasteiger partial charge on any atom is -0.442 e. The van der Waals surface area contributed by atoms with Gasteiger partial charge in [0.25, 0.3) is 17.7 Å². The van der Waals surface area contributed by atoms with Gasteiger partial charge in [-0.25, -0.2) is 4.79 Å². The van der Waals surface area contributed by atoms with Gasteiger partial charge in [0.1, 0.15) is 19.3 Å². The molecule has 3 aliphatic rings. The summed E-state index contributed by atoms with van der Waals surface area (Å²) in [7, 11) is 0. The van der Waals surface area contributed by atoms with Gasteiger partial charge in [0.15, 0.2) is 0 Å². The number of rotatable bonds is 15. The third-order valence-corrected chi connectivity index (χ3v) is 12.1. The second kappa shape index (κ2) is 18.7. The number of cyclic esters (lactones) is 1. The number of morpholine rings is 1. The predicted molar refractivity (Wildman–Crippen MR) is 221 cm³/mol. The highest BCUT2D eigenvalue weighted by atomic mass is 35.5. The predicted octanol–water partition coefficient (Wildman–Crippen LogP) is 5.07. The van der Waals surface area contributed by atoms with E-state index in [4.69, 9.17) is 37.4 Å². The number of amides is 6. The summed E-state index contributed by atoms with van der Waals surface area (Å²) in [5, 5.41) is 5.61. The summed E-state index contributed by atoms with van der Waals surface area (Å²) in [6.45, 7) is 1.92. The van der Waals surface area contributed by atoms with Gasteiger partial charge in [-0.1, -0.05) is 23.2 Å². The van der Waals surface area contributed by atoms with Crippen molar-refractivity contribution in [2.45, 2.75) is 12.5 Å². The lowest BCUT2D eigenvalue weighted by atomic mass is 10.1. The lowest BCUT2D eigenvalue weighted by Gasteiger charge is -2.27. The quantitative estimate of drug-likeness (QED) is 0.155. The van der Waals surface area contributed by atoms with Crippen molar-refractivity contribution in [2.24, 2.45) is 5.92 Å². The zero-order valence-corrected chi connectivity index (χ0v) is 34.0. The van der Waals surface area contributed by atoms with Gasteiger partial charge in [0, 0.05) is 61.3 Å². The standard InChI is InChI=1S/C39H38Cl2N6O9S2/c40-32-11-9-30(57-32)37(51)43-19-29-21-47(39(53)56-29)28-7-3-26(4-8-28)45(38(52)31-10-12-33(41)58-31)14-16-54-22-34(48)42-18-24-17-35(49)46(20-24)27-5-1-25(2-6-27)44-13-15-55-23-36(44)50/h1-12,24,29H,13-23H2,(H,42,48)(H,43,51)/t24-,29-/m0/s1. The Balaban J connectivity index is 0.883. The summed E-state index contributed by atoms with van der Waals surface area (Å²) in [4.78, 5) is 83.7. The molecule has 0 radical (unpaired) electrons. The van der Waals surface area contributed by atoms with Gasteiger partial charge in [0.05, 0.1) is 44.7 Å². The second-order valence-electron chi connectivity index (χ2n) is 13.6. The Labute approximate surface area is 351 Å². The Morgan fingerprint density at radius 3 is 2.10 bits per heavy atom.